The molecule has 0 radical (unpaired) electrons. The Bertz CT molecular complexity index is 628. The predicted octanol–water partition coefficient (Wildman–Crippen LogP) is 3.00. The smallest absolute Gasteiger partial charge is 0.177 e. The summed E-state index contributed by atoms with van der Waals surface area (Å²) in [6.07, 6.45) is 0. The summed E-state index contributed by atoms with van der Waals surface area (Å²) < 4.78 is 28.2. The van der Waals surface area contributed by atoms with Crippen molar-refractivity contribution in [2.24, 2.45) is 7.05 Å². The fraction of sp³-hybridized carbons (Fsp3) is 0.0909. The average molecular weight is 298 g/mol. The van der Waals surface area contributed by atoms with Crippen LogP contribution < -0.4 is 0 Å². The Kier molecular flexibility index (Phi) is 2.94. The summed E-state index contributed by atoms with van der Waals surface area (Å²) in [5, 5.41) is 12.7. The van der Waals surface area contributed by atoms with E-state index in [1.54, 1.807) is 7.05 Å². The number of aryl methyl sites for hydroxylation is 1. The lowest BCUT2D eigenvalue weighted by Crippen LogP contribution is -1.96. The lowest BCUT2D eigenvalue weighted by Gasteiger charge is -2.04. The summed E-state index contributed by atoms with van der Waals surface area (Å²) in [5.41, 5.74) is 0.750. The number of rotatable bonds is 1. The van der Waals surface area contributed by atoms with Crippen molar-refractivity contribution in [3.8, 4) is 17.3 Å². The van der Waals surface area contributed by atoms with Crippen LogP contribution in [0.3, 0.4) is 0 Å². The minimum Gasteiger partial charge on any atom is -0.265 e. The molecule has 1 heterocycles. The predicted molar refractivity (Wildman–Crippen MR) is 61.0 cm³/mol. The second-order valence-corrected chi connectivity index (χ2v) is 4.16. The fourth-order valence-corrected chi connectivity index (χ4v) is 2.18. The highest BCUT2D eigenvalue weighted by molar-refractivity contribution is 9.10. The van der Waals surface area contributed by atoms with Crippen molar-refractivity contribution in [1.29, 1.82) is 5.26 Å². The maximum atomic E-state index is 13.6. The first-order chi connectivity index (χ1) is 8.04. The lowest BCUT2D eigenvalue weighted by molar-refractivity contribution is 0.584. The molecule has 0 fully saturated rings. The Morgan fingerprint density at radius 2 is 2.12 bits per heavy atom. The number of halogens is 3. The Labute approximate surface area is 104 Å². The van der Waals surface area contributed by atoms with Gasteiger partial charge < -0.3 is 0 Å². The number of hydrogen-bond acceptors (Lipinski definition) is 2. The van der Waals surface area contributed by atoms with Crippen molar-refractivity contribution in [3.63, 3.8) is 0 Å². The van der Waals surface area contributed by atoms with Crippen molar-refractivity contribution >= 4 is 15.9 Å². The van der Waals surface area contributed by atoms with Crippen LogP contribution in [0.25, 0.3) is 11.3 Å². The fourth-order valence-electron chi connectivity index (χ4n) is 1.54. The Morgan fingerprint density at radius 3 is 2.65 bits per heavy atom. The summed E-state index contributed by atoms with van der Waals surface area (Å²) in [4.78, 5) is 0. The molecule has 0 spiro atoms. The van der Waals surface area contributed by atoms with Crippen LogP contribution in [-0.2, 0) is 7.05 Å². The minimum atomic E-state index is -0.696. The normalized spacial score (nSPS) is 10.3. The van der Waals surface area contributed by atoms with Gasteiger partial charge in [0, 0.05) is 18.7 Å². The van der Waals surface area contributed by atoms with Gasteiger partial charge >= 0.3 is 0 Å². The van der Waals surface area contributed by atoms with Crippen LogP contribution in [0.5, 0.6) is 0 Å². The second-order valence-electron chi connectivity index (χ2n) is 3.37. The first-order valence-electron chi connectivity index (χ1n) is 4.62. The van der Waals surface area contributed by atoms with Crippen LogP contribution in [0.15, 0.2) is 22.7 Å². The molecule has 0 aliphatic rings. The molecular weight excluding hydrogens is 292 g/mol. The molecule has 0 atom stereocenters. The molecule has 3 nitrogen and oxygen atoms in total. The van der Waals surface area contributed by atoms with Gasteiger partial charge in [-0.1, -0.05) is 0 Å². The molecule has 0 saturated heterocycles. The van der Waals surface area contributed by atoms with E-state index >= 15 is 0 Å². The van der Waals surface area contributed by atoms with Crippen LogP contribution >= 0.6 is 15.9 Å². The third-order valence-electron chi connectivity index (χ3n) is 2.28. The zero-order valence-corrected chi connectivity index (χ0v) is 10.3. The summed E-state index contributed by atoms with van der Waals surface area (Å²) in [6.45, 7) is 0. The number of aromatic nitrogens is 2. The molecule has 1 aromatic heterocycles. The monoisotopic (exact) mass is 297 g/mol. The van der Waals surface area contributed by atoms with Crippen LogP contribution in [-0.4, -0.2) is 9.78 Å². The van der Waals surface area contributed by atoms with E-state index in [0.29, 0.717) is 10.2 Å². The molecule has 0 bridgehead atoms. The molecule has 0 amide bonds. The van der Waals surface area contributed by atoms with Crippen molar-refractivity contribution < 1.29 is 8.78 Å². The summed E-state index contributed by atoms with van der Waals surface area (Å²) in [5.74, 6) is -1.34. The Hall–Kier alpha value is -1.74. The summed E-state index contributed by atoms with van der Waals surface area (Å²) in [6, 6.07) is 5.14. The highest BCUT2D eigenvalue weighted by Crippen LogP contribution is 2.32. The number of hydrogen-bond donors (Lipinski definition) is 0. The van der Waals surface area contributed by atoms with Gasteiger partial charge in [-0.05, 0) is 28.1 Å². The summed E-state index contributed by atoms with van der Waals surface area (Å²) in [7, 11) is 1.59. The highest BCUT2D eigenvalue weighted by Gasteiger charge is 2.18. The number of benzene rings is 1. The van der Waals surface area contributed by atoms with E-state index < -0.39 is 11.6 Å². The molecule has 0 aliphatic heterocycles. The zero-order chi connectivity index (χ0) is 12.6. The van der Waals surface area contributed by atoms with Gasteiger partial charge in [-0.25, -0.2) is 8.78 Å². The molecule has 0 unspecified atom stereocenters. The standard InChI is InChI=1S/C11H6BrF2N3/c1-17-11(10(12)9(5-15)16-17)7-3-2-6(13)4-8(7)14/h2-4H,1H3. The van der Waals surface area contributed by atoms with Crippen LogP contribution in [0.1, 0.15) is 5.69 Å². The van der Waals surface area contributed by atoms with Gasteiger partial charge in [0.25, 0.3) is 0 Å². The van der Waals surface area contributed by atoms with E-state index in [1.807, 2.05) is 6.07 Å². The molecule has 2 aromatic rings. The second kappa shape index (κ2) is 4.26. The molecule has 86 valence electrons. The maximum absolute atomic E-state index is 13.6. The molecule has 1 aromatic carbocycles. The number of nitriles is 1. The number of nitrogens with zero attached hydrogens (tertiary/aromatic N) is 3. The molecular formula is C11H6BrF2N3. The van der Waals surface area contributed by atoms with E-state index in [0.717, 1.165) is 12.1 Å². The van der Waals surface area contributed by atoms with Crippen LogP contribution in [0, 0.1) is 23.0 Å². The van der Waals surface area contributed by atoms with E-state index in [9.17, 15) is 8.78 Å². The minimum absolute atomic E-state index is 0.159. The molecule has 2 rings (SSSR count). The van der Waals surface area contributed by atoms with Crippen molar-refractivity contribution in [1.82, 2.24) is 9.78 Å². The SMILES string of the molecule is Cn1nc(C#N)c(Br)c1-c1ccc(F)cc1F. The zero-order valence-electron chi connectivity index (χ0n) is 8.71. The third-order valence-corrected chi connectivity index (χ3v) is 3.03. The molecule has 0 N–H and O–H groups in total. The average Bonchev–Trinajstić information content (AvgIpc) is 2.55. The first-order valence-corrected chi connectivity index (χ1v) is 5.42. The van der Waals surface area contributed by atoms with E-state index in [4.69, 9.17) is 5.26 Å². The Morgan fingerprint density at radius 1 is 1.41 bits per heavy atom. The maximum Gasteiger partial charge on any atom is 0.177 e. The molecule has 6 heteroatoms. The Balaban J connectivity index is 2.69. The van der Waals surface area contributed by atoms with Crippen molar-refractivity contribution in [2.75, 3.05) is 0 Å². The van der Waals surface area contributed by atoms with E-state index in [1.165, 1.54) is 10.7 Å². The van der Waals surface area contributed by atoms with Gasteiger partial charge in [-0.15, -0.1) is 0 Å². The summed E-state index contributed by atoms with van der Waals surface area (Å²) >= 11 is 3.19. The largest absolute Gasteiger partial charge is 0.265 e. The third kappa shape index (κ3) is 1.94. The van der Waals surface area contributed by atoms with Gasteiger partial charge in [0.2, 0.25) is 0 Å². The van der Waals surface area contributed by atoms with Gasteiger partial charge in [0.05, 0.1) is 10.2 Å². The van der Waals surface area contributed by atoms with Crippen LogP contribution in [0.2, 0.25) is 0 Å². The van der Waals surface area contributed by atoms with E-state index in [-0.39, 0.29) is 11.3 Å². The topological polar surface area (TPSA) is 41.6 Å². The lowest BCUT2D eigenvalue weighted by atomic mass is 10.1. The molecule has 0 aliphatic carbocycles. The molecule has 17 heavy (non-hydrogen) atoms. The van der Waals surface area contributed by atoms with E-state index in [2.05, 4.69) is 21.0 Å². The van der Waals surface area contributed by atoms with Crippen molar-refractivity contribution in [2.45, 2.75) is 0 Å². The van der Waals surface area contributed by atoms with Crippen molar-refractivity contribution in [3.05, 3.63) is 40.0 Å². The van der Waals surface area contributed by atoms with Crippen LogP contribution in [0.4, 0.5) is 8.78 Å². The highest BCUT2D eigenvalue weighted by atomic mass is 79.9. The van der Waals surface area contributed by atoms with Gasteiger partial charge in [-0.2, -0.15) is 10.4 Å². The van der Waals surface area contributed by atoms with Gasteiger partial charge in [0.15, 0.2) is 5.69 Å². The quantitative estimate of drug-likeness (QED) is 0.812. The molecule has 0 saturated carbocycles. The van der Waals surface area contributed by atoms with Gasteiger partial charge in [0.1, 0.15) is 17.7 Å². The van der Waals surface area contributed by atoms with Gasteiger partial charge in [-0.3, -0.25) is 4.68 Å². The first kappa shape index (κ1) is 11.7.